The molecule has 1 aromatic heterocycles. The molecule has 0 radical (unpaired) electrons. The normalized spacial score (nSPS) is 11.1. The molecule has 7 heteroatoms. The van der Waals surface area contributed by atoms with Gasteiger partial charge in [-0.2, -0.15) is 5.10 Å². The highest BCUT2D eigenvalue weighted by atomic mass is 16.5. The van der Waals surface area contributed by atoms with Crippen molar-refractivity contribution in [3.05, 3.63) is 52.3 Å². The molecule has 29 heavy (non-hydrogen) atoms. The standard InChI is InChI=1S/C22H30N4O3/c1-15-7-8-20(16(2)11-15)26-17(3)12-19(18(26)4)14-24-25-22(28)13-21(27)23-9-6-10-29-5/h7-8,11-12,14H,6,9-10,13H2,1-5H3,(H,23,27)(H,25,28)/b24-14+. The van der Waals surface area contributed by atoms with E-state index in [1.807, 2.05) is 19.9 Å². The van der Waals surface area contributed by atoms with Crippen LogP contribution >= 0.6 is 0 Å². The summed E-state index contributed by atoms with van der Waals surface area (Å²) >= 11 is 0. The number of ether oxygens (including phenoxy) is 1. The molecule has 7 nitrogen and oxygen atoms in total. The molecule has 0 saturated heterocycles. The Morgan fingerprint density at radius 2 is 1.90 bits per heavy atom. The number of aromatic nitrogens is 1. The number of carbonyl (C=O) groups excluding carboxylic acids is 2. The molecule has 0 saturated carbocycles. The van der Waals surface area contributed by atoms with E-state index < -0.39 is 5.91 Å². The van der Waals surface area contributed by atoms with Crippen LogP contribution in [-0.4, -0.2) is 42.9 Å². The largest absolute Gasteiger partial charge is 0.385 e. The number of hydrogen-bond donors (Lipinski definition) is 2. The molecule has 2 amide bonds. The first-order valence-electron chi connectivity index (χ1n) is 9.67. The third-order valence-electron chi connectivity index (χ3n) is 4.62. The van der Waals surface area contributed by atoms with Gasteiger partial charge in [0.15, 0.2) is 0 Å². The van der Waals surface area contributed by atoms with E-state index in [0.29, 0.717) is 19.6 Å². The minimum atomic E-state index is -0.450. The quantitative estimate of drug-likeness (QED) is 0.295. The third-order valence-corrected chi connectivity index (χ3v) is 4.62. The van der Waals surface area contributed by atoms with Gasteiger partial charge in [-0.05, 0) is 51.8 Å². The molecule has 1 heterocycles. The highest BCUT2D eigenvalue weighted by Crippen LogP contribution is 2.23. The van der Waals surface area contributed by atoms with E-state index in [1.54, 1.807) is 13.3 Å². The molecule has 1 aromatic carbocycles. The number of nitrogens with one attached hydrogen (secondary N) is 2. The maximum atomic E-state index is 11.9. The first kappa shape index (κ1) is 22.4. The summed E-state index contributed by atoms with van der Waals surface area (Å²) in [6, 6.07) is 8.38. The molecule has 0 atom stereocenters. The second-order valence-corrected chi connectivity index (χ2v) is 7.12. The van der Waals surface area contributed by atoms with Crippen molar-refractivity contribution >= 4 is 18.0 Å². The fourth-order valence-electron chi connectivity index (χ4n) is 3.21. The lowest BCUT2D eigenvalue weighted by Crippen LogP contribution is -2.30. The van der Waals surface area contributed by atoms with Crippen LogP contribution in [0.4, 0.5) is 0 Å². The van der Waals surface area contributed by atoms with Gasteiger partial charge in [-0.1, -0.05) is 17.7 Å². The number of rotatable bonds is 9. The van der Waals surface area contributed by atoms with Gasteiger partial charge < -0.3 is 14.6 Å². The van der Waals surface area contributed by atoms with Crippen LogP contribution in [-0.2, 0) is 14.3 Å². The van der Waals surface area contributed by atoms with Crippen molar-refractivity contribution in [2.75, 3.05) is 20.3 Å². The highest BCUT2D eigenvalue weighted by molar-refractivity contribution is 5.97. The smallest absolute Gasteiger partial charge is 0.249 e. The van der Waals surface area contributed by atoms with Crippen LogP contribution < -0.4 is 10.7 Å². The van der Waals surface area contributed by atoms with Crippen molar-refractivity contribution in [2.45, 2.75) is 40.5 Å². The molecular weight excluding hydrogens is 368 g/mol. The summed E-state index contributed by atoms with van der Waals surface area (Å²) in [5.74, 6) is -0.782. The molecule has 2 rings (SSSR count). The molecule has 0 aliphatic carbocycles. The topological polar surface area (TPSA) is 84.7 Å². The molecule has 0 aliphatic rings. The highest BCUT2D eigenvalue weighted by Gasteiger charge is 2.12. The fourth-order valence-corrected chi connectivity index (χ4v) is 3.21. The molecular formula is C22H30N4O3. The minimum absolute atomic E-state index is 0.258. The van der Waals surface area contributed by atoms with Crippen LogP contribution in [0.15, 0.2) is 29.4 Å². The molecule has 2 N–H and O–H groups in total. The zero-order valence-electron chi connectivity index (χ0n) is 17.8. The monoisotopic (exact) mass is 398 g/mol. The molecule has 0 aliphatic heterocycles. The number of hydrazone groups is 1. The zero-order chi connectivity index (χ0) is 21.4. The summed E-state index contributed by atoms with van der Waals surface area (Å²) in [6.45, 7) is 9.27. The van der Waals surface area contributed by atoms with E-state index in [1.165, 1.54) is 11.1 Å². The van der Waals surface area contributed by atoms with Gasteiger partial charge in [0.05, 0.1) is 6.21 Å². The van der Waals surface area contributed by atoms with Crippen molar-refractivity contribution in [1.29, 1.82) is 0 Å². The Kier molecular flexibility index (Phi) is 8.15. The number of aryl methyl sites for hydroxylation is 3. The fraction of sp³-hybridized carbons (Fsp3) is 0.409. The van der Waals surface area contributed by atoms with Crippen LogP contribution in [0, 0.1) is 27.7 Å². The maximum Gasteiger partial charge on any atom is 0.249 e. The predicted octanol–water partition coefficient (Wildman–Crippen LogP) is 2.70. The van der Waals surface area contributed by atoms with E-state index in [4.69, 9.17) is 4.74 Å². The van der Waals surface area contributed by atoms with E-state index >= 15 is 0 Å². The summed E-state index contributed by atoms with van der Waals surface area (Å²) in [5.41, 5.74) is 8.98. The second kappa shape index (κ2) is 10.6. The van der Waals surface area contributed by atoms with Gasteiger partial charge in [0.2, 0.25) is 11.8 Å². The third kappa shape index (κ3) is 6.29. The summed E-state index contributed by atoms with van der Waals surface area (Å²) in [4.78, 5) is 23.6. The number of amides is 2. The molecule has 0 unspecified atom stereocenters. The number of carbonyl (C=O) groups is 2. The van der Waals surface area contributed by atoms with E-state index in [9.17, 15) is 9.59 Å². The van der Waals surface area contributed by atoms with Crippen molar-refractivity contribution < 1.29 is 14.3 Å². The maximum absolute atomic E-state index is 11.9. The Morgan fingerprint density at radius 3 is 2.59 bits per heavy atom. The summed E-state index contributed by atoms with van der Waals surface area (Å²) in [6.07, 6.45) is 2.06. The SMILES string of the molecule is COCCCNC(=O)CC(=O)N/N=C/c1cc(C)n(-c2ccc(C)cc2C)c1C. The molecule has 0 fully saturated rings. The molecule has 0 bridgehead atoms. The Labute approximate surface area is 172 Å². The number of methoxy groups -OCH3 is 1. The van der Waals surface area contributed by atoms with Crippen LogP contribution in [0.3, 0.4) is 0 Å². The van der Waals surface area contributed by atoms with E-state index in [2.05, 4.69) is 52.5 Å². The van der Waals surface area contributed by atoms with Crippen LogP contribution in [0.1, 0.15) is 40.9 Å². The van der Waals surface area contributed by atoms with Gasteiger partial charge >= 0.3 is 0 Å². The lowest BCUT2D eigenvalue weighted by molar-refractivity contribution is -0.129. The van der Waals surface area contributed by atoms with Gasteiger partial charge in [-0.3, -0.25) is 9.59 Å². The van der Waals surface area contributed by atoms with Crippen molar-refractivity contribution in [2.24, 2.45) is 5.10 Å². The Morgan fingerprint density at radius 1 is 1.14 bits per heavy atom. The first-order valence-corrected chi connectivity index (χ1v) is 9.67. The van der Waals surface area contributed by atoms with Crippen molar-refractivity contribution in [1.82, 2.24) is 15.3 Å². The summed E-state index contributed by atoms with van der Waals surface area (Å²) in [5, 5.41) is 6.68. The number of hydrogen-bond acceptors (Lipinski definition) is 4. The van der Waals surface area contributed by atoms with Gasteiger partial charge in [-0.15, -0.1) is 0 Å². The van der Waals surface area contributed by atoms with Gasteiger partial charge in [0, 0.05) is 42.9 Å². The number of benzene rings is 1. The lowest BCUT2D eigenvalue weighted by atomic mass is 10.1. The lowest BCUT2D eigenvalue weighted by Gasteiger charge is -2.13. The van der Waals surface area contributed by atoms with Crippen LogP contribution in [0.2, 0.25) is 0 Å². The van der Waals surface area contributed by atoms with E-state index in [-0.39, 0.29) is 12.3 Å². The van der Waals surface area contributed by atoms with Gasteiger partial charge in [-0.25, -0.2) is 5.43 Å². The van der Waals surface area contributed by atoms with Crippen molar-refractivity contribution in [3.63, 3.8) is 0 Å². The van der Waals surface area contributed by atoms with Crippen LogP contribution in [0.5, 0.6) is 0 Å². The predicted molar refractivity (Wildman–Crippen MR) is 115 cm³/mol. The minimum Gasteiger partial charge on any atom is -0.385 e. The van der Waals surface area contributed by atoms with Crippen molar-refractivity contribution in [3.8, 4) is 5.69 Å². The summed E-state index contributed by atoms with van der Waals surface area (Å²) in [7, 11) is 1.60. The summed E-state index contributed by atoms with van der Waals surface area (Å²) < 4.78 is 7.08. The Hall–Kier alpha value is -2.93. The molecule has 2 aromatic rings. The van der Waals surface area contributed by atoms with Crippen LogP contribution in [0.25, 0.3) is 5.69 Å². The molecule has 156 valence electrons. The van der Waals surface area contributed by atoms with E-state index in [0.717, 1.165) is 22.6 Å². The number of nitrogens with zero attached hydrogens (tertiary/aromatic N) is 2. The second-order valence-electron chi connectivity index (χ2n) is 7.12. The Bertz CT molecular complexity index is 900. The Balaban J connectivity index is 1.98. The first-order chi connectivity index (χ1) is 13.8. The average molecular weight is 399 g/mol. The average Bonchev–Trinajstić information content (AvgIpc) is 2.93. The van der Waals surface area contributed by atoms with Gasteiger partial charge in [0.25, 0.3) is 0 Å². The van der Waals surface area contributed by atoms with Gasteiger partial charge in [0.1, 0.15) is 6.42 Å². The zero-order valence-corrected chi connectivity index (χ0v) is 17.8. The molecule has 0 spiro atoms.